The van der Waals surface area contributed by atoms with Gasteiger partial charge in [-0.1, -0.05) is 18.2 Å². The summed E-state index contributed by atoms with van der Waals surface area (Å²) in [6.45, 7) is 0. The Labute approximate surface area is 133 Å². The fraction of sp³-hybridized carbons (Fsp3) is 0.0714. The van der Waals surface area contributed by atoms with E-state index in [0.29, 0.717) is 5.56 Å². The predicted octanol–water partition coefficient (Wildman–Crippen LogP) is 3.37. The Kier molecular flexibility index (Phi) is 3.71. The molecule has 126 valence electrons. The lowest BCUT2D eigenvalue weighted by Gasteiger charge is -2.09. The molecule has 1 aromatic carbocycles. The van der Waals surface area contributed by atoms with Gasteiger partial charge in [0.05, 0.1) is 6.20 Å². The highest BCUT2D eigenvalue weighted by Crippen LogP contribution is 2.32. The molecular formula is C14H8F4N2O3S. The van der Waals surface area contributed by atoms with Crippen LogP contribution >= 0.6 is 0 Å². The molecule has 10 heteroatoms. The standard InChI is InChI=1S/C14H8F4N2O3S/c15-11-4-2-1-3-10(11)9-7-12-13(5-6-19-20(12)8-9)23-24(21,22)14(16,17)18/h1-8H. The van der Waals surface area contributed by atoms with Crippen molar-refractivity contribution in [1.82, 2.24) is 9.61 Å². The molecule has 0 aliphatic carbocycles. The summed E-state index contributed by atoms with van der Waals surface area (Å²) < 4.78 is 78.8. The molecule has 0 atom stereocenters. The third-order valence-corrected chi connectivity index (χ3v) is 4.10. The molecule has 0 saturated carbocycles. The van der Waals surface area contributed by atoms with E-state index in [9.17, 15) is 26.0 Å². The number of hydrogen-bond acceptors (Lipinski definition) is 4. The van der Waals surface area contributed by atoms with Crippen molar-refractivity contribution in [2.24, 2.45) is 0 Å². The predicted molar refractivity (Wildman–Crippen MR) is 76.2 cm³/mol. The zero-order chi connectivity index (χ0) is 17.5. The summed E-state index contributed by atoms with van der Waals surface area (Å²) in [6.07, 6.45) is 2.42. The van der Waals surface area contributed by atoms with Crippen LogP contribution in [-0.2, 0) is 10.1 Å². The number of benzene rings is 1. The summed E-state index contributed by atoms with van der Waals surface area (Å²) >= 11 is 0. The van der Waals surface area contributed by atoms with Crippen LogP contribution in [-0.4, -0.2) is 23.5 Å². The van der Waals surface area contributed by atoms with Gasteiger partial charge >= 0.3 is 15.6 Å². The normalized spacial score (nSPS) is 12.5. The van der Waals surface area contributed by atoms with Crippen LogP contribution in [0.3, 0.4) is 0 Å². The molecule has 0 bridgehead atoms. The first-order chi connectivity index (χ1) is 11.2. The van der Waals surface area contributed by atoms with Crippen molar-refractivity contribution in [3.8, 4) is 16.9 Å². The molecule has 0 fully saturated rings. The SMILES string of the molecule is O=S(=O)(Oc1ccnn2cc(-c3ccccc3F)cc12)C(F)(F)F. The third kappa shape index (κ3) is 2.80. The van der Waals surface area contributed by atoms with Crippen LogP contribution in [0.25, 0.3) is 16.6 Å². The van der Waals surface area contributed by atoms with Gasteiger partial charge < -0.3 is 4.18 Å². The Morgan fingerprint density at radius 2 is 1.83 bits per heavy atom. The van der Waals surface area contributed by atoms with Crippen LogP contribution in [0.1, 0.15) is 0 Å². The molecule has 0 unspecified atom stereocenters. The molecule has 0 amide bonds. The Bertz CT molecular complexity index is 1010. The van der Waals surface area contributed by atoms with Gasteiger partial charge in [-0.05, 0) is 12.1 Å². The van der Waals surface area contributed by atoms with Gasteiger partial charge in [0.25, 0.3) is 0 Å². The molecular weight excluding hydrogens is 352 g/mol. The van der Waals surface area contributed by atoms with Crippen molar-refractivity contribution in [2.45, 2.75) is 5.51 Å². The molecule has 2 heterocycles. The molecule has 0 spiro atoms. The highest BCUT2D eigenvalue weighted by molar-refractivity contribution is 7.88. The summed E-state index contributed by atoms with van der Waals surface area (Å²) in [6, 6.07) is 8.02. The van der Waals surface area contributed by atoms with Crippen molar-refractivity contribution in [3.05, 3.63) is 54.6 Å². The van der Waals surface area contributed by atoms with Crippen LogP contribution in [0.2, 0.25) is 0 Å². The van der Waals surface area contributed by atoms with Crippen LogP contribution in [0.5, 0.6) is 5.75 Å². The van der Waals surface area contributed by atoms with Gasteiger partial charge in [-0.15, -0.1) is 0 Å². The first kappa shape index (κ1) is 16.2. The van der Waals surface area contributed by atoms with E-state index < -0.39 is 27.2 Å². The molecule has 3 rings (SSSR count). The Balaban J connectivity index is 2.11. The first-order valence-corrected chi connectivity index (χ1v) is 7.83. The number of fused-ring (bicyclic) bond motifs is 1. The number of halogens is 4. The number of nitrogens with zero attached hydrogens (tertiary/aromatic N) is 2. The second-order valence-electron chi connectivity index (χ2n) is 4.72. The topological polar surface area (TPSA) is 60.7 Å². The average Bonchev–Trinajstić information content (AvgIpc) is 2.91. The quantitative estimate of drug-likeness (QED) is 0.408. The second-order valence-corrected chi connectivity index (χ2v) is 6.25. The van der Waals surface area contributed by atoms with Crippen molar-refractivity contribution >= 4 is 15.6 Å². The molecule has 3 aromatic rings. The molecule has 0 radical (unpaired) electrons. The van der Waals surface area contributed by atoms with Crippen molar-refractivity contribution in [2.75, 3.05) is 0 Å². The maximum atomic E-state index is 13.8. The lowest BCUT2D eigenvalue weighted by Crippen LogP contribution is -2.28. The van der Waals surface area contributed by atoms with E-state index in [1.165, 1.54) is 30.5 Å². The van der Waals surface area contributed by atoms with Gasteiger partial charge in [-0.2, -0.15) is 26.7 Å². The molecule has 0 aliphatic rings. The Morgan fingerprint density at radius 1 is 1.12 bits per heavy atom. The largest absolute Gasteiger partial charge is 0.534 e. The summed E-state index contributed by atoms with van der Waals surface area (Å²) in [4.78, 5) is 0. The van der Waals surface area contributed by atoms with Crippen LogP contribution < -0.4 is 4.18 Å². The van der Waals surface area contributed by atoms with E-state index >= 15 is 0 Å². The fourth-order valence-corrected chi connectivity index (χ4v) is 2.54. The van der Waals surface area contributed by atoms with Gasteiger partial charge in [0.2, 0.25) is 0 Å². The molecule has 2 aromatic heterocycles. The maximum absolute atomic E-state index is 13.8. The Hall–Kier alpha value is -2.62. The van der Waals surface area contributed by atoms with Gasteiger partial charge in [0.15, 0.2) is 5.75 Å². The monoisotopic (exact) mass is 360 g/mol. The minimum absolute atomic E-state index is 0.0522. The lowest BCUT2D eigenvalue weighted by molar-refractivity contribution is -0.0499. The first-order valence-electron chi connectivity index (χ1n) is 6.42. The summed E-state index contributed by atoms with van der Waals surface area (Å²) in [5.74, 6) is -1.11. The van der Waals surface area contributed by atoms with Gasteiger partial charge in [-0.3, -0.25) is 0 Å². The molecule has 5 nitrogen and oxygen atoms in total. The average molecular weight is 360 g/mol. The van der Waals surface area contributed by atoms with E-state index in [4.69, 9.17) is 0 Å². The van der Waals surface area contributed by atoms with Crippen LogP contribution in [0.4, 0.5) is 17.6 Å². The smallest absolute Gasteiger partial charge is 0.374 e. The van der Waals surface area contributed by atoms with Crippen LogP contribution in [0.15, 0.2) is 48.8 Å². The number of hydrogen-bond donors (Lipinski definition) is 0. The molecule has 0 saturated heterocycles. The minimum atomic E-state index is -5.82. The third-order valence-electron chi connectivity index (χ3n) is 3.14. The van der Waals surface area contributed by atoms with Gasteiger partial charge in [-0.25, -0.2) is 8.91 Å². The Morgan fingerprint density at radius 3 is 2.50 bits per heavy atom. The molecule has 24 heavy (non-hydrogen) atoms. The summed E-state index contributed by atoms with van der Waals surface area (Å²) in [5, 5.41) is 3.85. The summed E-state index contributed by atoms with van der Waals surface area (Å²) in [5.41, 5.74) is -5.12. The van der Waals surface area contributed by atoms with Crippen molar-refractivity contribution < 1.29 is 30.2 Å². The van der Waals surface area contributed by atoms with E-state index in [-0.39, 0.29) is 11.1 Å². The zero-order valence-electron chi connectivity index (χ0n) is 11.7. The highest BCUT2D eigenvalue weighted by atomic mass is 32.2. The van der Waals surface area contributed by atoms with E-state index in [1.807, 2.05) is 0 Å². The van der Waals surface area contributed by atoms with Crippen molar-refractivity contribution in [3.63, 3.8) is 0 Å². The summed E-state index contributed by atoms with van der Waals surface area (Å²) in [7, 11) is -5.82. The zero-order valence-corrected chi connectivity index (χ0v) is 12.5. The highest BCUT2D eigenvalue weighted by Gasteiger charge is 2.48. The van der Waals surface area contributed by atoms with Crippen molar-refractivity contribution in [1.29, 1.82) is 0 Å². The van der Waals surface area contributed by atoms with E-state index in [2.05, 4.69) is 9.28 Å². The maximum Gasteiger partial charge on any atom is 0.534 e. The van der Waals surface area contributed by atoms with Gasteiger partial charge in [0.1, 0.15) is 11.3 Å². The van der Waals surface area contributed by atoms with Gasteiger partial charge in [0, 0.05) is 23.4 Å². The van der Waals surface area contributed by atoms with E-state index in [1.54, 1.807) is 6.07 Å². The van der Waals surface area contributed by atoms with E-state index in [0.717, 1.165) is 16.8 Å². The number of aromatic nitrogens is 2. The fourth-order valence-electron chi connectivity index (χ4n) is 2.07. The second kappa shape index (κ2) is 5.48. The lowest BCUT2D eigenvalue weighted by atomic mass is 10.1. The minimum Gasteiger partial charge on any atom is -0.374 e. The van der Waals surface area contributed by atoms with Crippen LogP contribution in [0, 0.1) is 5.82 Å². The number of alkyl halides is 3. The molecule has 0 aliphatic heterocycles. The number of rotatable bonds is 3. The molecule has 0 N–H and O–H groups in total.